The lowest BCUT2D eigenvalue weighted by atomic mass is 9.81. The normalized spacial score (nSPS) is 14.3. The minimum absolute atomic E-state index is 0.107. The van der Waals surface area contributed by atoms with Crippen molar-refractivity contribution in [3.63, 3.8) is 0 Å². The summed E-state index contributed by atoms with van der Waals surface area (Å²) >= 11 is 0. The number of rotatable bonds is 4. The Labute approximate surface area is 350 Å². The van der Waals surface area contributed by atoms with Crippen LogP contribution >= 0.6 is 0 Å². The number of benzene rings is 8. The van der Waals surface area contributed by atoms with E-state index in [0.29, 0.717) is 0 Å². The molecule has 0 radical (unpaired) electrons. The monoisotopic (exact) mass is 766 g/mol. The summed E-state index contributed by atoms with van der Waals surface area (Å²) in [7, 11) is 0. The molecule has 0 saturated heterocycles. The summed E-state index contributed by atoms with van der Waals surface area (Å²) in [5, 5.41) is 4.66. The second-order valence-electron chi connectivity index (χ2n) is 17.7. The van der Waals surface area contributed by atoms with E-state index in [0.717, 1.165) is 38.4 Å². The predicted octanol–water partition coefficient (Wildman–Crippen LogP) is 15.2. The van der Waals surface area contributed by atoms with Gasteiger partial charge in [-0.25, -0.2) is 4.98 Å². The Hall–Kier alpha value is -7.16. The standard InChI is InChI=1S/C58H42N2/c1-57(2)50-18-10-7-14-41(50)43-27-25-37(31-52(43)57)48-34-55(38-26-28-44-42-15-8-11-19-51(42)58(3,4)53(44)32-38)60-56-46-17-6-5-13-40(46)47(33-49(48)56)36-23-21-35(22-24-36)39-29-30-59-54-20-12-9-16-45(39)54/h5-34H,1-4H3. The Bertz CT molecular complexity index is 3420. The average molecular weight is 767 g/mol. The van der Waals surface area contributed by atoms with Crippen molar-refractivity contribution in [3.05, 3.63) is 204 Å². The molecule has 0 saturated carbocycles. The van der Waals surface area contributed by atoms with Crippen molar-refractivity contribution in [1.29, 1.82) is 0 Å². The van der Waals surface area contributed by atoms with Gasteiger partial charge in [-0.3, -0.25) is 4.98 Å². The molecule has 2 heteroatoms. The zero-order valence-electron chi connectivity index (χ0n) is 34.2. The fourth-order valence-electron chi connectivity index (χ4n) is 10.6. The molecule has 2 heterocycles. The molecule has 2 nitrogen and oxygen atoms in total. The summed E-state index contributed by atoms with van der Waals surface area (Å²) in [4.78, 5) is 10.2. The maximum Gasteiger partial charge on any atom is 0.0794 e. The van der Waals surface area contributed by atoms with Crippen LogP contribution in [0.4, 0.5) is 0 Å². The third-order valence-corrected chi connectivity index (χ3v) is 13.7. The quantitative estimate of drug-likeness (QED) is 0.167. The van der Waals surface area contributed by atoms with Gasteiger partial charge in [0.25, 0.3) is 0 Å². The molecule has 0 N–H and O–H groups in total. The first-order valence-electron chi connectivity index (χ1n) is 21.1. The Morgan fingerprint density at radius 2 is 0.833 bits per heavy atom. The molecule has 2 aliphatic rings. The number of pyridine rings is 2. The zero-order chi connectivity index (χ0) is 40.3. The fourth-order valence-corrected chi connectivity index (χ4v) is 10.6. The molecular formula is C58H42N2. The molecule has 2 aromatic heterocycles. The third kappa shape index (κ3) is 5.01. The molecule has 2 aliphatic carbocycles. The number of hydrogen-bond acceptors (Lipinski definition) is 2. The highest BCUT2D eigenvalue weighted by molar-refractivity contribution is 6.16. The lowest BCUT2D eigenvalue weighted by molar-refractivity contribution is 0.660. The molecule has 12 rings (SSSR count). The van der Waals surface area contributed by atoms with E-state index in [4.69, 9.17) is 4.98 Å². The predicted molar refractivity (Wildman–Crippen MR) is 251 cm³/mol. The molecule has 10 aromatic rings. The van der Waals surface area contributed by atoms with Gasteiger partial charge in [0, 0.05) is 38.7 Å². The van der Waals surface area contributed by atoms with Crippen LogP contribution in [-0.4, -0.2) is 9.97 Å². The first kappa shape index (κ1) is 34.8. The van der Waals surface area contributed by atoms with Crippen LogP contribution < -0.4 is 0 Å². The fraction of sp³-hybridized carbons (Fsp3) is 0.103. The minimum atomic E-state index is -0.117. The second kappa shape index (κ2) is 12.7. The van der Waals surface area contributed by atoms with Gasteiger partial charge in [0.05, 0.1) is 16.7 Å². The van der Waals surface area contributed by atoms with E-state index in [1.165, 1.54) is 83.3 Å². The third-order valence-electron chi connectivity index (χ3n) is 13.7. The lowest BCUT2D eigenvalue weighted by Gasteiger charge is -2.23. The van der Waals surface area contributed by atoms with Crippen molar-refractivity contribution >= 4 is 32.6 Å². The summed E-state index contributed by atoms with van der Waals surface area (Å²) < 4.78 is 0. The van der Waals surface area contributed by atoms with Crippen LogP contribution in [0, 0.1) is 0 Å². The first-order chi connectivity index (χ1) is 29.3. The largest absolute Gasteiger partial charge is 0.256 e. The molecule has 0 unspecified atom stereocenters. The molecule has 8 aromatic carbocycles. The van der Waals surface area contributed by atoms with E-state index in [-0.39, 0.29) is 10.8 Å². The molecule has 60 heavy (non-hydrogen) atoms. The summed E-state index contributed by atoms with van der Waals surface area (Å²) in [5.41, 5.74) is 21.9. The van der Waals surface area contributed by atoms with Crippen LogP contribution in [0.5, 0.6) is 0 Å². The van der Waals surface area contributed by atoms with Gasteiger partial charge in [-0.15, -0.1) is 0 Å². The second-order valence-corrected chi connectivity index (χ2v) is 17.7. The van der Waals surface area contributed by atoms with E-state index in [2.05, 4.69) is 203 Å². The van der Waals surface area contributed by atoms with E-state index >= 15 is 0 Å². The summed E-state index contributed by atoms with van der Waals surface area (Å²) in [6, 6.07) is 65.0. The smallest absolute Gasteiger partial charge is 0.0794 e. The Morgan fingerprint density at radius 3 is 1.52 bits per heavy atom. The first-order valence-corrected chi connectivity index (χ1v) is 21.1. The molecule has 0 fully saturated rings. The van der Waals surface area contributed by atoms with Crippen molar-refractivity contribution in [1.82, 2.24) is 9.97 Å². The van der Waals surface area contributed by atoms with Gasteiger partial charge in [-0.2, -0.15) is 0 Å². The number of fused-ring (bicyclic) bond motifs is 10. The number of para-hydroxylation sites is 1. The zero-order valence-corrected chi connectivity index (χ0v) is 34.2. The SMILES string of the molecule is CC1(C)c2ccccc2-c2ccc(-c3cc(-c4ccc5c(c4)C(C)(C)c4ccccc4-5)c4cc(-c5ccc(-c6ccnc7ccccc67)cc5)c5ccccc5c4n3)cc21. The molecular weight excluding hydrogens is 725 g/mol. The number of aromatic nitrogens is 2. The van der Waals surface area contributed by atoms with Crippen molar-refractivity contribution in [3.8, 4) is 66.9 Å². The molecule has 284 valence electrons. The van der Waals surface area contributed by atoms with Crippen LogP contribution in [0.3, 0.4) is 0 Å². The van der Waals surface area contributed by atoms with Crippen LogP contribution in [0.1, 0.15) is 49.9 Å². The highest BCUT2D eigenvalue weighted by Crippen LogP contribution is 2.52. The van der Waals surface area contributed by atoms with Crippen molar-refractivity contribution in [2.24, 2.45) is 0 Å². The van der Waals surface area contributed by atoms with Crippen LogP contribution in [0.2, 0.25) is 0 Å². The van der Waals surface area contributed by atoms with Crippen LogP contribution in [0.15, 0.2) is 182 Å². The maximum atomic E-state index is 5.63. The van der Waals surface area contributed by atoms with E-state index in [1.807, 2.05) is 12.3 Å². The Balaban J connectivity index is 1.08. The highest BCUT2D eigenvalue weighted by Gasteiger charge is 2.37. The van der Waals surface area contributed by atoms with E-state index in [1.54, 1.807) is 0 Å². The van der Waals surface area contributed by atoms with Gasteiger partial charge < -0.3 is 0 Å². The molecule has 0 spiro atoms. The van der Waals surface area contributed by atoms with Gasteiger partial charge in [0.2, 0.25) is 0 Å². The van der Waals surface area contributed by atoms with Gasteiger partial charge in [-0.05, 0) is 120 Å². The summed E-state index contributed by atoms with van der Waals surface area (Å²) in [6.45, 7) is 9.44. The molecule has 0 aliphatic heterocycles. The van der Waals surface area contributed by atoms with Crippen molar-refractivity contribution in [2.75, 3.05) is 0 Å². The average Bonchev–Trinajstić information content (AvgIpc) is 3.67. The van der Waals surface area contributed by atoms with Gasteiger partial charge in [0.15, 0.2) is 0 Å². The Kier molecular flexibility index (Phi) is 7.36. The van der Waals surface area contributed by atoms with Crippen molar-refractivity contribution < 1.29 is 0 Å². The van der Waals surface area contributed by atoms with Crippen LogP contribution in [0.25, 0.3) is 99.5 Å². The summed E-state index contributed by atoms with van der Waals surface area (Å²) in [6.07, 6.45) is 1.91. The molecule has 0 atom stereocenters. The minimum Gasteiger partial charge on any atom is -0.256 e. The van der Waals surface area contributed by atoms with Crippen LogP contribution in [-0.2, 0) is 10.8 Å². The summed E-state index contributed by atoms with van der Waals surface area (Å²) in [5.74, 6) is 0. The highest BCUT2D eigenvalue weighted by atomic mass is 14.7. The maximum absolute atomic E-state index is 5.63. The van der Waals surface area contributed by atoms with E-state index in [9.17, 15) is 0 Å². The molecule has 0 amide bonds. The Morgan fingerprint density at radius 1 is 0.333 bits per heavy atom. The topological polar surface area (TPSA) is 25.8 Å². The van der Waals surface area contributed by atoms with Gasteiger partial charge >= 0.3 is 0 Å². The number of nitrogens with zero attached hydrogens (tertiary/aromatic N) is 2. The van der Waals surface area contributed by atoms with E-state index < -0.39 is 0 Å². The lowest BCUT2D eigenvalue weighted by Crippen LogP contribution is -2.15. The van der Waals surface area contributed by atoms with Gasteiger partial charge in [-0.1, -0.05) is 167 Å². The number of hydrogen-bond donors (Lipinski definition) is 0. The molecule has 0 bridgehead atoms. The van der Waals surface area contributed by atoms with Crippen molar-refractivity contribution in [2.45, 2.75) is 38.5 Å². The van der Waals surface area contributed by atoms with Gasteiger partial charge in [0.1, 0.15) is 0 Å².